The molecule has 0 aliphatic heterocycles. The van der Waals surface area contributed by atoms with Gasteiger partial charge in [0, 0.05) is 6.07 Å². The number of hydrogen-bond donors (Lipinski definition) is 1. The molecule has 88 valence electrons. The monoisotopic (exact) mass is 220 g/mol. The second kappa shape index (κ2) is 5.19. The third-order valence-electron chi connectivity index (χ3n) is 3.32. The first kappa shape index (κ1) is 11.2. The average molecular weight is 220 g/mol. The van der Waals surface area contributed by atoms with Gasteiger partial charge in [0.2, 0.25) is 5.88 Å². The quantitative estimate of drug-likeness (QED) is 0.852. The van der Waals surface area contributed by atoms with Crippen molar-refractivity contribution in [2.24, 2.45) is 5.92 Å². The van der Waals surface area contributed by atoms with Gasteiger partial charge >= 0.3 is 0 Å². The molecule has 1 aliphatic rings. The lowest BCUT2D eigenvalue weighted by molar-refractivity contribution is 0.203. The molecule has 3 nitrogen and oxygen atoms in total. The predicted octanol–water partition coefficient (Wildman–Crippen LogP) is 2.93. The zero-order valence-corrected chi connectivity index (χ0v) is 9.91. The fraction of sp³-hybridized carbons (Fsp3) is 0.615. The first-order chi connectivity index (χ1) is 7.75. The highest BCUT2D eigenvalue weighted by atomic mass is 16.5. The summed E-state index contributed by atoms with van der Waals surface area (Å²) in [6, 6.07) is 1.91. The Bertz CT molecular complexity index is 346. The summed E-state index contributed by atoms with van der Waals surface area (Å²) in [6.07, 6.45) is 8.35. The highest BCUT2D eigenvalue weighted by Crippen LogP contribution is 2.24. The van der Waals surface area contributed by atoms with E-state index in [-0.39, 0.29) is 0 Å². The number of nitrogens with two attached hydrogens (primary N) is 1. The summed E-state index contributed by atoms with van der Waals surface area (Å²) in [5, 5.41) is 0. The largest absolute Gasteiger partial charge is 0.477 e. The number of nitrogens with zero attached hydrogens (tertiary/aromatic N) is 1. The van der Waals surface area contributed by atoms with E-state index in [0.29, 0.717) is 11.8 Å². The van der Waals surface area contributed by atoms with Crippen molar-refractivity contribution < 1.29 is 4.74 Å². The van der Waals surface area contributed by atoms with Gasteiger partial charge in [-0.05, 0) is 31.2 Å². The molecule has 2 N–H and O–H groups in total. The number of nitrogen functional groups attached to an aromatic ring is 1. The summed E-state index contributed by atoms with van der Waals surface area (Å²) in [4.78, 5) is 4.18. The zero-order chi connectivity index (χ0) is 11.4. The predicted molar refractivity (Wildman–Crippen MR) is 65.5 cm³/mol. The molecule has 1 heterocycles. The Kier molecular flexibility index (Phi) is 3.65. The van der Waals surface area contributed by atoms with Crippen LogP contribution in [0.25, 0.3) is 0 Å². The van der Waals surface area contributed by atoms with E-state index in [1.165, 1.54) is 32.1 Å². The minimum atomic E-state index is 0.706. The van der Waals surface area contributed by atoms with E-state index in [2.05, 4.69) is 4.98 Å². The fourth-order valence-electron chi connectivity index (χ4n) is 2.18. The van der Waals surface area contributed by atoms with Crippen LogP contribution >= 0.6 is 0 Å². The van der Waals surface area contributed by atoms with Crippen molar-refractivity contribution in [2.75, 3.05) is 12.3 Å². The molecule has 0 saturated heterocycles. The van der Waals surface area contributed by atoms with Gasteiger partial charge in [-0.3, -0.25) is 0 Å². The first-order valence-corrected chi connectivity index (χ1v) is 6.10. The zero-order valence-electron chi connectivity index (χ0n) is 9.91. The van der Waals surface area contributed by atoms with Crippen LogP contribution in [0.1, 0.15) is 37.7 Å². The number of anilines is 1. The molecule has 1 fully saturated rings. The third kappa shape index (κ3) is 2.87. The van der Waals surface area contributed by atoms with Crippen LogP contribution < -0.4 is 10.5 Å². The maximum absolute atomic E-state index is 5.71. The molecule has 0 radical (unpaired) electrons. The van der Waals surface area contributed by atoms with Crippen LogP contribution in [0.3, 0.4) is 0 Å². The number of hydrogen-bond acceptors (Lipinski definition) is 3. The van der Waals surface area contributed by atoms with Crippen LogP contribution in [0, 0.1) is 12.8 Å². The Morgan fingerprint density at radius 3 is 2.81 bits per heavy atom. The lowest BCUT2D eigenvalue weighted by atomic mass is 9.90. The molecular weight excluding hydrogens is 200 g/mol. The van der Waals surface area contributed by atoms with E-state index in [9.17, 15) is 0 Å². The molecule has 2 rings (SSSR count). The lowest BCUT2D eigenvalue weighted by Crippen LogP contribution is -2.15. The summed E-state index contributed by atoms with van der Waals surface area (Å²) in [6.45, 7) is 2.78. The van der Waals surface area contributed by atoms with Crippen LogP contribution in [0.2, 0.25) is 0 Å². The topological polar surface area (TPSA) is 48.1 Å². The molecule has 3 heteroatoms. The number of pyridine rings is 1. The third-order valence-corrected chi connectivity index (χ3v) is 3.32. The van der Waals surface area contributed by atoms with Crippen molar-refractivity contribution in [3.63, 3.8) is 0 Å². The van der Waals surface area contributed by atoms with Gasteiger partial charge in [0.25, 0.3) is 0 Å². The van der Waals surface area contributed by atoms with Crippen molar-refractivity contribution in [1.29, 1.82) is 0 Å². The van der Waals surface area contributed by atoms with Crippen molar-refractivity contribution in [1.82, 2.24) is 4.98 Å². The average Bonchev–Trinajstić information content (AvgIpc) is 2.32. The molecule has 1 aromatic heterocycles. The van der Waals surface area contributed by atoms with Crippen molar-refractivity contribution >= 4 is 5.69 Å². The Morgan fingerprint density at radius 1 is 1.38 bits per heavy atom. The van der Waals surface area contributed by atoms with Gasteiger partial charge in [0.05, 0.1) is 18.5 Å². The molecule has 0 bridgehead atoms. The molecule has 0 spiro atoms. The van der Waals surface area contributed by atoms with Gasteiger partial charge in [0.1, 0.15) is 0 Å². The van der Waals surface area contributed by atoms with Crippen LogP contribution in [0.5, 0.6) is 5.88 Å². The molecule has 0 amide bonds. The minimum Gasteiger partial charge on any atom is -0.477 e. The second-order valence-electron chi connectivity index (χ2n) is 4.69. The molecule has 0 unspecified atom stereocenters. The molecule has 1 aliphatic carbocycles. The highest BCUT2D eigenvalue weighted by Gasteiger charge is 2.14. The Morgan fingerprint density at radius 2 is 2.12 bits per heavy atom. The molecular formula is C13H20N2O. The summed E-state index contributed by atoms with van der Waals surface area (Å²) in [7, 11) is 0. The second-order valence-corrected chi connectivity index (χ2v) is 4.69. The van der Waals surface area contributed by atoms with Crippen molar-refractivity contribution in [3.05, 3.63) is 17.8 Å². The normalized spacial score (nSPS) is 17.3. The highest BCUT2D eigenvalue weighted by molar-refractivity contribution is 5.45. The van der Waals surface area contributed by atoms with Gasteiger partial charge in [-0.1, -0.05) is 19.3 Å². The smallest absolute Gasteiger partial charge is 0.213 e. The maximum atomic E-state index is 5.71. The maximum Gasteiger partial charge on any atom is 0.213 e. The number of aryl methyl sites for hydroxylation is 1. The van der Waals surface area contributed by atoms with E-state index in [4.69, 9.17) is 10.5 Å². The van der Waals surface area contributed by atoms with Crippen LogP contribution in [-0.4, -0.2) is 11.6 Å². The Balaban J connectivity index is 1.86. The summed E-state index contributed by atoms with van der Waals surface area (Å²) in [5.41, 5.74) is 7.47. The number of aromatic nitrogens is 1. The van der Waals surface area contributed by atoms with E-state index >= 15 is 0 Å². The Hall–Kier alpha value is -1.25. The molecule has 0 aromatic carbocycles. The van der Waals surface area contributed by atoms with Gasteiger partial charge in [-0.25, -0.2) is 4.98 Å². The minimum absolute atomic E-state index is 0.706. The van der Waals surface area contributed by atoms with E-state index in [1.807, 2.05) is 13.0 Å². The van der Waals surface area contributed by atoms with Crippen LogP contribution in [0.15, 0.2) is 12.3 Å². The summed E-state index contributed by atoms with van der Waals surface area (Å²) in [5.74, 6) is 1.42. The standard InChI is InChI=1S/C13H20N2O/c1-10-7-13(15-8-12(10)14)16-9-11-5-3-2-4-6-11/h7-8,11H,2-6,9,14H2,1H3. The van der Waals surface area contributed by atoms with E-state index in [1.54, 1.807) is 6.20 Å². The van der Waals surface area contributed by atoms with Crippen molar-refractivity contribution in [3.8, 4) is 5.88 Å². The molecule has 0 atom stereocenters. The Labute approximate surface area is 97.0 Å². The summed E-state index contributed by atoms with van der Waals surface area (Å²) >= 11 is 0. The molecule has 1 aromatic rings. The summed E-state index contributed by atoms with van der Waals surface area (Å²) < 4.78 is 5.71. The number of rotatable bonds is 3. The van der Waals surface area contributed by atoms with Gasteiger partial charge in [-0.2, -0.15) is 0 Å². The molecule has 16 heavy (non-hydrogen) atoms. The van der Waals surface area contributed by atoms with Crippen LogP contribution in [0.4, 0.5) is 5.69 Å². The van der Waals surface area contributed by atoms with Gasteiger partial charge in [0.15, 0.2) is 0 Å². The molecule has 1 saturated carbocycles. The lowest BCUT2D eigenvalue weighted by Gasteiger charge is -2.21. The van der Waals surface area contributed by atoms with E-state index < -0.39 is 0 Å². The van der Waals surface area contributed by atoms with Crippen molar-refractivity contribution in [2.45, 2.75) is 39.0 Å². The SMILES string of the molecule is Cc1cc(OCC2CCCCC2)ncc1N. The first-order valence-electron chi connectivity index (χ1n) is 6.10. The van der Waals surface area contributed by atoms with Gasteiger partial charge < -0.3 is 10.5 Å². The fourth-order valence-corrected chi connectivity index (χ4v) is 2.18. The van der Waals surface area contributed by atoms with Gasteiger partial charge in [-0.15, -0.1) is 0 Å². The van der Waals surface area contributed by atoms with Crippen LogP contribution in [-0.2, 0) is 0 Å². The number of ether oxygens (including phenoxy) is 1. The van der Waals surface area contributed by atoms with E-state index in [0.717, 1.165) is 17.9 Å².